The van der Waals surface area contributed by atoms with Crippen LogP contribution in [0.25, 0.3) is 0 Å². The van der Waals surface area contributed by atoms with Crippen molar-refractivity contribution in [3.05, 3.63) is 58.5 Å². The molecule has 6 heterocycles. The van der Waals surface area contributed by atoms with Crippen molar-refractivity contribution >= 4 is 29.0 Å². The third-order valence-electron chi connectivity index (χ3n) is 8.00. The van der Waals surface area contributed by atoms with Crippen molar-refractivity contribution in [3.63, 3.8) is 0 Å². The fourth-order valence-electron chi connectivity index (χ4n) is 6.04. The van der Waals surface area contributed by atoms with Crippen molar-refractivity contribution in [2.75, 3.05) is 36.0 Å². The van der Waals surface area contributed by atoms with Crippen LogP contribution in [0.2, 0.25) is 5.02 Å². The third kappa shape index (κ3) is 4.79. The Morgan fingerprint density at radius 2 is 1.90 bits per heavy atom. The van der Waals surface area contributed by atoms with Crippen molar-refractivity contribution in [3.8, 4) is 0 Å². The molecule has 1 amide bonds. The highest BCUT2D eigenvalue weighted by molar-refractivity contribution is 6.33. The predicted molar refractivity (Wildman–Crippen MR) is 138 cm³/mol. The van der Waals surface area contributed by atoms with E-state index >= 15 is 0 Å². The molecule has 1 fully saturated rings. The molecule has 6 rings (SSSR count). The van der Waals surface area contributed by atoms with Crippen LogP contribution in [0.3, 0.4) is 0 Å². The van der Waals surface area contributed by atoms with Crippen molar-refractivity contribution in [1.29, 1.82) is 0 Å². The summed E-state index contributed by atoms with van der Waals surface area (Å²) < 4.78 is 40.6. The van der Waals surface area contributed by atoms with Crippen molar-refractivity contribution in [2.24, 2.45) is 11.8 Å². The Morgan fingerprint density at radius 1 is 1.05 bits per heavy atom. The molecule has 0 spiro atoms. The number of rotatable bonds is 3. The number of carbonyl (C=O) groups is 1. The minimum atomic E-state index is -4.57. The summed E-state index contributed by atoms with van der Waals surface area (Å²) in [4.78, 5) is 28.7. The van der Waals surface area contributed by atoms with Crippen molar-refractivity contribution in [2.45, 2.75) is 45.6 Å². The number of alkyl halides is 3. The maximum Gasteiger partial charge on any atom is 0.451 e. The zero-order valence-electron chi connectivity index (χ0n) is 21.4. The summed E-state index contributed by atoms with van der Waals surface area (Å²) in [6.07, 6.45) is 0.343. The molecule has 13 heteroatoms. The first-order chi connectivity index (χ1) is 18.7. The van der Waals surface area contributed by atoms with Gasteiger partial charge >= 0.3 is 6.18 Å². The lowest BCUT2D eigenvalue weighted by atomic mass is 9.85. The average molecular weight is 561 g/mol. The molecule has 3 aliphatic rings. The van der Waals surface area contributed by atoms with Crippen LogP contribution in [0.15, 0.2) is 30.6 Å². The van der Waals surface area contributed by atoms with Gasteiger partial charge in [0.05, 0.1) is 29.5 Å². The SMILES string of the molecule is CC1CN(c2c(Cl)cnc3c2CCN(c2ccccn2)C3)CCC1C(=O)N1CCn2c(nnc2C(F)(F)F)C1. The standard InChI is InChI=1S/C26H28ClF3N8O/c1-16-13-36(23-18-6-8-35(21-4-2-3-7-31-21)14-20(18)32-12-19(23)27)9-5-17(16)24(39)37-10-11-38-22(15-37)33-34-25(38)26(28,29)30/h2-4,7,12,16-17H,5-6,8-11,13-15H2,1H3. The normalized spacial score (nSPS) is 21.5. The van der Waals surface area contributed by atoms with Crippen LogP contribution in [0.5, 0.6) is 0 Å². The van der Waals surface area contributed by atoms with E-state index in [0.717, 1.165) is 40.3 Å². The lowest BCUT2D eigenvalue weighted by Crippen LogP contribution is -2.49. The maximum atomic E-state index is 13.5. The summed E-state index contributed by atoms with van der Waals surface area (Å²) in [7, 11) is 0. The number of nitrogens with zero attached hydrogens (tertiary/aromatic N) is 8. The van der Waals surface area contributed by atoms with E-state index in [2.05, 4.69) is 30.0 Å². The Bertz CT molecular complexity index is 1380. The maximum absolute atomic E-state index is 13.5. The van der Waals surface area contributed by atoms with Gasteiger partial charge in [0.1, 0.15) is 5.82 Å². The second-order valence-electron chi connectivity index (χ2n) is 10.4. The van der Waals surface area contributed by atoms with Crippen LogP contribution in [-0.2, 0) is 37.0 Å². The van der Waals surface area contributed by atoms with Gasteiger partial charge in [-0.3, -0.25) is 9.78 Å². The lowest BCUT2D eigenvalue weighted by molar-refractivity contribution is -0.148. The Hall–Kier alpha value is -3.41. The zero-order valence-corrected chi connectivity index (χ0v) is 22.2. The summed E-state index contributed by atoms with van der Waals surface area (Å²) in [6.45, 7) is 5.08. The Balaban J connectivity index is 1.15. The molecule has 0 N–H and O–H groups in total. The summed E-state index contributed by atoms with van der Waals surface area (Å²) in [6, 6.07) is 5.86. The molecule has 2 atom stereocenters. The van der Waals surface area contributed by atoms with Gasteiger partial charge in [0.2, 0.25) is 11.7 Å². The van der Waals surface area contributed by atoms with E-state index in [4.69, 9.17) is 11.6 Å². The molecular formula is C26H28ClF3N8O. The molecule has 3 aliphatic heterocycles. The fraction of sp³-hybridized carbons (Fsp3) is 0.500. The number of hydrogen-bond acceptors (Lipinski definition) is 7. The largest absolute Gasteiger partial charge is 0.451 e. The van der Waals surface area contributed by atoms with E-state index in [1.54, 1.807) is 17.3 Å². The van der Waals surface area contributed by atoms with Gasteiger partial charge in [0.15, 0.2) is 5.82 Å². The molecule has 0 saturated carbocycles. The summed E-state index contributed by atoms with van der Waals surface area (Å²) in [5, 5.41) is 7.63. The van der Waals surface area contributed by atoms with Gasteiger partial charge in [0, 0.05) is 56.6 Å². The molecule has 0 aromatic carbocycles. The number of carbonyl (C=O) groups excluding carboxylic acids is 1. The number of anilines is 2. The fourth-order valence-corrected chi connectivity index (χ4v) is 6.33. The van der Waals surface area contributed by atoms with Crippen LogP contribution in [-0.4, -0.2) is 61.7 Å². The molecule has 0 radical (unpaired) electrons. The zero-order chi connectivity index (χ0) is 27.3. The van der Waals surface area contributed by atoms with Crippen LogP contribution >= 0.6 is 11.6 Å². The van der Waals surface area contributed by atoms with E-state index in [1.165, 1.54) is 0 Å². The molecule has 3 aromatic rings. The van der Waals surface area contributed by atoms with Gasteiger partial charge in [0.25, 0.3) is 0 Å². The molecule has 39 heavy (non-hydrogen) atoms. The van der Waals surface area contributed by atoms with E-state index in [-0.39, 0.29) is 43.2 Å². The third-order valence-corrected chi connectivity index (χ3v) is 8.27. The number of hydrogen-bond donors (Lipinski definition) is 0. The highest BCUT2D eigenvalue weighted by Crippen LogP contribution is 2.39. The van der Waals surface area contributed by atoms with Gasteiger partial charge in [-0.25, -0.2) is 4.98 Å². The van der Waals surface area contributed by atoms with Crippen molar-refractivity contribution < 1.29 is 18.0 Å². The van der Waals surface area contributed by atoms with Gasteiger partial charge in [-0.2, -0.15) is 13.2 Å². The number of aromatic nitrogens is 5. The molecule has 3 aromatic heterocycles. The lowest BCUT2D eigenvalue weighted by Gasteiger charge is -2.42. The van der Waals surface area contributed by atoms with Gasteiger partial charge < -0.3 is 19.3 Å². The van der Waals surface area contributed by atoms with E-state index in [9.17, 15) is 18.0 Å². The van der Waals surface area contributed by atoms with Crippen LogP contribution in [0.4, 0.5) is 24.7 Å². The molecule has 1 saturated heterocycles. The van der Waals surface area contributed by atoms with Crippen molar-refractivity contribution in [1.82, 2.24) is 29.6 Å². The smallest absolute Gasteiger partial charge is 0.370 e. The van der Waals surface area contributed by atoms with Crippen LogP contribution < -0.4 is 9.80 Å². The number of halogens is 4. The molecule has 9 nitrogen and oxygen atoms in total. The molecule has 2 unspecified atom stereocenters. The second-order valence-corrected chi connectivity index (χ2v) is 10.8. The van der Waals surface area contributed by atoms with Crippen LogP contribution in [0.1, 0.15) is 36.3 Å². The predicted octanol–water partition coefficient (Wildman–Crippen LogP) is 3.81. The number of fused-ring (bicyclic) bond motifs is 2. The Labute approximate surface area is 228 Å². The first-order valence-electron chi connectivity index (χ1n) is 13.1. The van der Waals surface area contributed by atoms with E-state index < -0.39 is 12.0 Å². The summed E-state index contributed by atoms with van der Waals surface area (Å²) in [5.41, 5.74) is 3.11. The van der Waals surface area contributed by atoms with E-state index in [1.807, 2.05) is 25.1 Å². The molecular weight excluding hydrogens is 533 g/mol. The first-order valence-corrected chi connectivity index (χ1v) is 13.4. The minimum Gasteiger partial charge on any atom is -0.370 e. The monoisotopic (exact) mass is 560 g/mol. The number of pyridine rings is 2. The highest BCUT2D eigenvalue weighted by Gasteiger charge is 2.41. The first kappa shape index (κ1) is 25.8. The minimum absolute atomic E-state index is 0.0322. The number of piperidine rings is 1. The highest BCUT2D eigenvalue weighted by atomic mass is 35.5. The summed E-state index contributed by atoms with van der Waals surface area (Å²) in [5.74, 6) is -0.160. The molecule has 0 aliphatic carbocycles. The molecule has 0 bridgehead atoms. The van der Waals surface area contributed by atoms with E-state index in [0.29, 0.717) is 31.1 Å². The second kappa shape index (κ2) is 9.96. The topological polar surface area (TPSA) is 83.3 Å². The van der Waals surface area contributed by atoms with Gasteiger partial charge in [-0.1, -0.05) is 24.6 Å². The van der Waals surface area contributed by atoms with Crippen LogP contribution in [0, 0.1) is 11.8 Å². The Kier molecular flexibility index (Phi) is 6.60. The molecule has 206 valence electrons. The average Bonchev–Trinajstić information content (AvgIpc) is 3.37. The quantitative estimate of drug-likeness (QED) is 0.482. The Morgan fingerprint density at radius 3 is 2.64 bits per heavy atom. The van der Waals surface area contributed by atoms with Gasteiger partial charge in [-0.15, -0.1) is 10.2 Å². The summed E-state index contributed by atoms with van der Waals surface area (Å²) >= 11 is 6.70. The van der Waals surface area contributed by atoms with Gasteiger partial charge in [-0.05, 0) is 30.9 Å². The number of amides is 1.